The summed E-state index contributed by atoms with van der Waals surface area (Å²) in [6.45, 7) is 0.869. The first kappa shape index (κ1) is 36.8. The van der Waals surface area contributed by atoms with E-state index in [0.717, 1.165) is 11.1 Å². The standard InChI is InChI=1S/C19H13F2N5.C17H15Cl2N3/c20-18-3-1-13(5-15(18)7-22)9-25-11-17(24)12-26-10-14-2-4-19(21)16(6-14)8-23;18-15-5-1-13(2-6-15)9-21-11-17(20)12-22-10-14-3-7-16(19)8-4-14/h1-6,9-10,24H,11-12H2;1-10,20H,11-12H2. The molecule has 0 bridgehead atoms. The smallest absolute Gasteiger partial charge is 0.140 e. The van der Waals surface area contributed by atoms with Gasteiger partial charge in [0, 0.05) is 34.9 Å². The Labute approximate surface area is 287 Å². The minimum Gasteiger partial charge on any atom is -0.306 e. The SMILES string of the molecule is N#Cc1cc(C=NCC(=N)CN=Cc2ccc(F)c(C#N)c2)ccc1F.N=C(CN=Cc1ccc(Cl)cc1)CN=Cc1ccc(Cl)cc1. The Hall–Kier alpha value is -5.68. The summed E-state index contributed by atoms with van der Waals surface area (Å²) in [5.41, 5.74) is 3.61. The van der Waals surface area contributed by atoms with Crippen molar-refractivity contribution in [2.45, 2.75) is 0 Å². The minimum absolute atomic E-state index is 0.0651. The van der Waals surface area contributed by atoms with Crippen LogP contribution >= 0.6 is 23.2 Å². The highest BCUT2D eigenvalue weighted by atomic mass is 35.5. The van der Waals surface area contributed by atoms with Gasteiger partial charge in [-0.05, 0) is 70.8 Å². The molecule has 0 unspecified atom stereocenters. The first-order valence-corrected chi connectivity index (χ1v) is 14.9. The van der Waals surface area contributed by atoms with E-state index in [9.17, 15) is 8.78 Å². The second-order valence-electron chi connectivity index (χ2n) is 9.89. The van der Waals surface area contributed by atoms with E-state index >= 15 is 0 Å². The predicted molar refractivity (Wildman–Crippen MR) is 190 cm³/mol. The molecule has 2 N–H and O–H groups in total. The highest BCUT2D eigenvalue weighted by molar-refractivity contribution is 6.30. The molecule has 0 radical (unpaired) electrons. The quantitative estimate of drug-likeness (QED) is 0.147. The van der Waals surface area contributed by atoms with Gasteiger partial charge >= 0.3 is 0 Å². The molecule has 12 heteroatoms. The first-order chi connectivity index (χ1) is 23.2. The number of benzene rings is 4. The number of nitriles is 2. The van der Waals surface area contributed by atoms with Crippen LogP contribution in [0.25, 0.3) is 0 Å². The van der Waals surface area contributed by atoms with Crippen LogP contribution in [0, 0.1) is 45.1 Å². The van der Waals surface area contributed by atoms with E-state index < -0.39 is 11.6 Å². The molecule has 0 aromatic heterocycles. The van der Waals surface area contributed by atoms with E-state index in [1.807, 2.05) is 48.5 Å². The van der Waals surface area contributed by atoms with E-state index in [1.54, 1.807) is 24.6 Å². The maximum atomic E-state index is 13.2. The molecule has 0 heterocycles. The summed E-state index contributed by atoms with van der Waals surface area (Å²) in [4.78, 5) is 16.6. The summed E-state index contributed by atoms with van der Waals surface area (Å²) in [5, 5.41) is 34.5. The summed E-state index contributed by atoms with van der Waals surface area (Å²) in [7, 11) is 0. The van der Waals surface area contributed by atoms with Crippen LogP contribution in [-0.4, -0.2) is 62.5 Å². The van der Waals surface area contributed by atoms with Gasteiger partial charge in [0.2, 0.25) is 0 Å². The summed E-state index contributed by atoms with van der Waals surface area (Å²) >= 11 is 11.6. The van der Waals surface area contributed by atoms with Gasteiger partial charge in [0.1, 0.15) is 23.8 Å². The molecule has 4 aromatic carbocycles. The second kappa shape index (κ2) is 19.7. The lowest BCUT2D eigenvalue weighted by atomic mass is 10.1. The Bertz CT molecular complexity index is 1780. The zero-order chi connectivity index (χ0) is 34.7. The Morgan fingerprint density at radius 1 is 0.542 bits per heavy atom. The summed E-state index contributed by atoms with van der Waals surface area (Å²) < 4.78 is 26.4. The number of nitrogens with one attached hydrogen (secondary N) is 2. The van der Waals surface area contributed by atoms with Crippen LogP contribution in [-0.2, 0) is 0 Å². The van der Waals surface area contributed by atoms with Crippen molar-refractivity contribution < 1.29 is 8.78 Å². The lowest BCUT2D eigenvalue weighted by molar-refractivity contribution is 0.623. The number of hydrogen-bond donors (Lipinski definition) is 2. The number of aliphatic imine (C=N–C) groups is 4. The van der Waals surface area contributed by atoms with Gasteiger partial charge in [-0.3, -0.25) is 20.0 Å². The molecule has 0 aliphatic rings. The molecule has 0 spiro atoms. The number of nitrogens with zero attached hydrogens (tertiary/aromatic N) is 6. The fourth-order valence-corrected chi connectivity index (χ4v) is 3.91. The third-order valence-electron chi connectivity index (χ3n) is 6.05. The molecule has 0 aliphatic heterocycles. The minimum atomic E-state index is -0.591. The van der Waals surface area contributed by atoms with Crippen molar-refractivity contribution in [1.29, 1.82) is 21.3 Å². The largest absolute Gasteiger partial charge is 0.306 e. The highest BCUT2D eigenvalue weighted by Crippen LogP contribution is 2.10. The average Bonchev–Trinajstić information content (AvgIpc) is 3.08. The second-order valence-corrected chi connectivity index (χ2v) is 10.8. The van der Waals surface area contributed by atoms with Crippen LogP contribution < -0.4 is 0 Å². The lowest BCUT2D eigenvalue weighted by Crippen LogP contribution is -2.06. The van der Waals surface area contributed by atoms with E-state index in [4.69, 9.17) is 44.5 Å². The molecule has 0 amide bonds. The highest BCUT2D eigenvalue weighted by Gasteiger charge is 2.02. The third kappa shape index (κ3) is 13.4. The van der Waals surface area contributed by atoms with Crippen LogP contribution in [0.15, 0.2) is 105 Å². The van der Waals surface area contributed by atoms with Crippen molar-refractivity contribution in [2.24, 2.45) is 20.0 Å². The van der Waals surface area contributed by atoms with E-state index in [0.29, 0.717) is 40.0 Å². The molecule has 4 aromatic rings. The van der Waals surface area contributed by atoms with Gasteiger partial charge in [0.25, 0.3) is 0 Å². The molecule has 48 heavy (non-hydrogen) atoms. The summed E-state index contributed by atoms with van der Waals surface area (Å²) in [6.07, 6.45) is 6.37. The van der Waals surface area contributed by atoms with Crippen molar-refractivity contribution in [2.75, 3.05) is 26.2 Å². The van der Waals surface area contributed by atoms with E-state index in [2.05, 4.69) is 20.0 Å². The normalized spacial score (nSPS) is 11.0. The maximum absolute atomic E-state index is 13.2. The van der Waals surface area contributed by atoms with Gasteiger partial charge in [0.15, 0.2) is 0 Å². The summed E-state index contributed by atoms with van der Waals surface area (Å²) in [6, 6.07) is 26.4. The zero-order valence-corrected chi connectivity index (χ0v) is 26.9. The fourth-order valence-electron chi connectivity index (χ4n) is 3.66. The molecular weight excluding hydrogens is 653 g/mol. The average molecular weight is 682 g/mol. The van der Waals surface area contributed by atoms with Crippen molar-refractivity contribution in [3.63, 3.8) is 0 Å². The molecule has 240 valence electrons. The lowest BCUT2D eigenvalue weighted by Gasteiger charge is -1.98. The number of hydrogen-bond acceptors (Lipinski definition) is 8. The van der Waals surface area contributed by atoms with Crippen LogP contribution in [0.3, 0.4) is 0 Å². The van der Waals surface area contributed by atoms with E-state index in [-0.39, 0.29) is 29.9 Å². The first-order valence-electron chi connectivity index (χ1n) is 14.2. The van der Waals surface area contributed by atoms with Gasteiger partial charge in [0.05, 0.1) is 48.7 Å². The number of rotatable bonds is 12. The number of halogens is 4. The predicted octanol–water partition coefficient (Wildman–Crippen LogP) is 7.82. The van der Waals surface area contributed by atoms with Crippen LogP contribution in [0.1, 0.15) is 33.4 Å². The molecular formula is C36H28Cl2F2N8. The van der Waals surface area contributed by atoms with Gasteiger partial charge in [-0.2, -0.15) is 10.5 Å². The molecule has 8 nitrogen and oxygen atoms in total. The van der Waals surface area contributed by atoms with E-state index in [1.165, 1.54) is 48.8 Å². The summed E-state index contributed by atoms with van der Waals surface area (Å²) in [5.74, 6) is -1.18. The topological polar surface area (TPSA) is 145 Å². The Balaban J connectivity index is 0.000000264. The van der Waals surface area contributed by atoms with Crippen LogP contribution in [0.5, 0.6) is 0 Å². The molecule has 0 atom stereocenters. The molecule has 0 saturated carbocycles. The Morgan fingerprint density at radius 2 is 0.833 bits per heavy atom. The van der Waals surface area contributed by atoms with Gasteiger partial charge in [-0.15, -0.1) is 0 Å². The maximum Gasteiger partial charge on any atom is 0.140 e. The van der Waals surface area contributed by atoms with Gasteiger partial charge < -0.3 is 10.8 Å². The molecule has 4 rings (SSSR count). The Morgan fingerprint density at radius 3 is 1.15 bits per heavy atom. The zero-order valence-electron chi connectivity index (χ0n) is 25.4. The molecule has 0 aliphatic carbocycles. The fraction of sp³-hybridized carbons (Fsp3) is 0.111. The third-order valence-corrected chi connectivity index (χ3v) is 6.56. The van der Waals surface area contributed by atoms with Gasteiger partial charge in [-0.25, -0.2) is 8.78 Å². The molecule has 0 saturated heterocycles. The van der Waals surface area contributed by atoms with Crippen molar-refractivity contribution in [3.05, 3.63) is 140 Å². The van der Waals surface area contributed by atoms with Crippen LogP contribution in [0.4, 0.5) is 8.78 Å². The van der Waals surface area contributed by atoms with Gasteiger partial charge in [-0.1, -0.05) is 59.6 Å². The molecule has 0 fully saturated rings. The monoisotopic (exact) mass is 680 g/mol. The van der Waals surface area contributed by atoms with Crippen molar-refractivity contribution in [1.82, 2.24) is 0 Å². The Kier molecular flexibility index (Phi) is 15.1. The van der Waals surface area contributed by atoms with Crippen molar-refractivity contribution >= 4 is 59.5 Å². The van der Waals surface area contributed by atoms with Crippen LogP contribution in [0.2, 0.25) is 10.0 Å². The van der Waals surface area contributed by atoms with Crippen molar-refractivity contribution in [3.8, 4) is 12.1 Å².